The highest BCUT2D eigenvalue weighted by molar-refractivity contribution is 5.67. The van der Waals surface area contributed by atoms with E-state index in [2.05, 4.69) is 40.1 Å². The van der Waals surface area contributed by atoms with Crippen molar-refractivity contribution in [3.05, 3.63) is 41.8 Å². The highest BCUT2D eigenvalue weighted by Gasteiger charge is 2.62. The Morgan fingerprint density at radius 1 is 0.825 bits per heavy atom. The summed E-state index contributed by atoms with van der Waals surface area (Å²) in [6.45, 7) is 1.98. The van der Waals surface area contributed by atoms with E-state index in [1.807, 2.05) is 0 Å². The lowest BCUT2D eigenvalue weighted by Crippen LogP contribution is -2.66. The maximum absolute atomic E-state index is 15.6. The number of esters is 3. The summed E-state index contributed by atoms with van der Waals surface area (Å²) in [5, 5.41) is 13.2. The number of nitrogens with zero attached hydrogens (tertiary/aromatic N) is 12. The predicted molar refractivity (Wildman–Crippen MR) is 123 cm³/mol. The number of ether oxygens (including phenoxy) is 5. The van der Waals surface area contributed by atoms with Crippen molar-refractivity contribution in [2.24, 2.45) is 20.5 Å². The summed E-state index contributed by atoms with van der Waals surface area (Å²) >= 11 is 0. The average molecular weight is 572 g/mol. The van der Waals surface area contributed by atoms with E-state index in [4.69, 9.17) is 45.8 Å². The first-order valence-corrected chi connectivity index (χ1v) is 11.2. The van der Waals surface area contributed by atoms with Gasteiger partial charge in [-0.3, -0.25) is 14.4 Å². The number of alkyl halides is 2. The highest BCUT2D eigenvalue weighted by atomic mass is 19.3. The molecule has 2 rings (SSSR count). The van der Waals surface area contributed by atoms with Gasteiger partial charge in [0.05, 0.1) is 18.6 Å². The summed E-state index contributed by atoms with van der Waals surface area (Å²) in [6.07, 6.45) is -11.8. The summed E-state index contributed by atoms with van der Waals surface area (Å²) in [5.41, 5.74) is 35.8. The molecule has 0 aromatic heterocycles. The van der Waals surface area contributed by atoms with Crippen LogP contribution in [0.5, 0.6) is 0 Å². The highest BCUT2D eigenvalue weighted by Crippen LogP contribution is 2.41. The van der Waals surface area contributed by atoms with Gasteiger partial charge >= 0.3 is 17.9 Å². The number of hydrogen-bond donors (Lipinski definition) is 0. The zero-order valence-electron chi connectivity index (χ0n) is 21.0. The van der Waals surface area contributed by atoms with Crippen molar-refractivity contribution in [3.63, 3.8) is 0 Å². The van der Waals surface area contributed by atoms with Gasteiger partial charge in [-0.2, -0.15) is 0 Å². The van der Waals surface area contributed by atoms with Gasteiger partial charge in [-0.15, -0.1) is 0 Å². The standard InChI is InChI=1S/C18H22F2N12O8/c1-6(33)36-12-9(26-30-22)4-10(27-31-23)13(14(12)37-7(2)34)40-17-15(28-32-24)18(19,20)16(38-8(3)35)11(39-17)5-25-29-21/h9-17H,4-5H2,1-3H3. The molecule has 1 saturated carbocycles. The van der Waals surface area contributed by atoms with E-state index in [0.717, 1.165) is 20.8 Å². The van der Waals surface area contributed by atoms with Crippen LogP contribution in [0.2, 0.25) is 0 Å². The van der Waals surface area contributed by atoms with E-state index in [1.54, 1.807) is 0 Å². The molecule has 0 bridgehead atoms. The minimum absolute atomic E-state index is 0.373. The van der Waals surface area contributed by atoms with Crippen LogP contribution in [0.25, 0.3) is 41.8 Å². The molecular weight excluding hydrogens is 550 g/mol. The van der Waals surface area contributed by atoms with Crippen LogP contribution in [-0.4, -0.2) is 85.3 Å². The van der Waals surface area contributed by atoms with Crippen LogP contribution in [-0.2, 0) is 38.1 Å². The molecule has 40 heavy (non-hydrogen) atoms. The smallest absolute Gasteiger partial charge is 0.303 e. The van der Waals surface area contributed by atoms with Crippen LogP contribution in [0, 0.1) is 0 Å². The van der Waals surface area contributed by atoms with Gasteiger partial charge in [0, 0.05) is 40.4 Å². The fourth-order valence-corrected chi connectivity index (χ4v) is 4.28. The van der Waals surface area contributed by atoms with Crippen LogP contribution >= 0.6 is 0 Å². The predicted octanol–water partition coefficient (Wildman–Crippen LogP) is 3.28. The second kappa shape index (κ2) is 14.0. The molecule has 2 aliphatic rings. The van der Waals surface area contributed by atoms with E-state index in [-0.39, 0.29) is 6.42 Å². The van der Waals surface area contributed by atoms with E-state index in [1.165, 1.54) is 0 Å². The molecular formula is C18H22F2N12O8. The molecule has 216 valence electrons. The second-order valence-corrected chi connectivity index (χ2v) is 8.34. The molecule has 0 amide bonds. The van der Waals surface area contributed by atoms with E-state index in [9.17, 15) is 14.4 Å². The number of carbonyl (C=O) groups excluding carboxylic acids is 3. The van der Waals surface area contributed by atoms with Crippen molar-refractivity contribution >= 4 is 17.9 Å². The van der Waals surface area contributed by atoms with Gasteiger partial charge in [0.25, 0.3) is 5.92 Å². The van der Waals surface area contributed by atoms with Crippen molar-refractivity contribution in [3.8, 4) is 0 Å². The summed E-state index contributed by atoms with van der Waals surface area (Å²) in [6, 6.07) is -5.19. The van der Waals surface area contributed by atoms with Crippen molar-refractivity contribution in [2.45, 2.75) is 88.0 Å². The Balaban J connectivity index is 2.65. The molecule has 1 saturated heterocycles. The number of rotatable bonds is 10. The first-order valence-electron chi connectivity index (χ1n) is 11.2. The Morgan fingerprint density at radius 3 is 1.85 bits per heavy atom. The number of halogens is 2. The van der Waals surface area contributed by atoms with Crippen LogP contribution in [0.15, 0.2) is 20.5 Å². The number of azide groups is 4. The third-order valence-electron chi connectivity index (χ3n) is 5.66. The Bertz CT molecular complexity index is 1180. The van der Waals surface area contributed by atoms with Gasteiger partial charge < -0.3 is 23.7 Å². The lowest BCUT2D eigenvalue weighted by Gasteiger charge is -2.48. The van der Waals surface area contributed by atoms with Crippen molar-refractivity contribution in [2.75, 3.05) is 6.54 Å². The van der Waals surface area contributed by atoms with E-state index < -0.39 is 85.3 Å². The largest absolute Gasteiger partial charge is 0.458 e. The third-order valence-corrected chi connectivity index (χ3v) is 5.66. The summed E-state index contributed by atoms with van der Waals surface area (Å²) < 4.78 is 57.5. The molecule has 0 radical (unpaired) electrons. The zero-order chi connectivity index (χ0) is 30.0. The normalized spacial score (nSPS) is 32.4. The molecule has 1 aliphatic heterocycles. The Morgan fingerprint density at radius 2 is 1.35 bits per heavy atom. The van der Waals surface area contributed by atoms with Gasteiger partial charge in [0.2, 0.25) is 0 Å². The van der Waals surface area contributed by atoms with Crippen molar-refractivity contribution in [1.82, 2.24) is 0 Å². The molecule has 1 heterocycles. The van der Waals surface area contributed by atoms with Crippen LogP contribution in [0.1, 0.15) is 27.2 Å². The molecule has 1 aliphatic carbocycles. The SMILES string of the molecule is CC(=O)OC1C(N=[N+]=[N-])CC(N=[N+]=[N-])C(OC2OC(CN=[N+]=[N-])C(OC(C)=O)C(F)(F)C2N=[N+]=[N-])C1OC(C)=O. The minimum atomic E-state index is -4.18. The molecule has 20 nitrogen and oxygen atoms in total. The maximum Gasteiger partial charge on any atom is 0.303 e. The van der Waals surface area contributed by atoms with Crippen molar-refractivity contribution in [1.29, 1.82) is 0 Å². The molecule has 0 aromatic rings. The first-order chi connectivity index (χ1) is 18.9. The quantitative estimate of drug-likeness (QED) is 0.123. The number of hydrogen-bond acceptors (Lipinski definition) is 12. The molecule has 2 fully saturated rings. The zero-order valence-corrected chi connectivity index (χ0v) is 21.0. The monoisotopic (exact) mass is 572 g/mol. The second-order valence-electron chi connectivity index (χ2n) is 8.34. The fraction of sp³-hybridized carbons (Fsp3) is 0.833. The van der Waals surface area contributed by atoms with Gasteiger partial charge in [-0.25, -0.2) is 8.78 Å². The van der Waals surface area contributed by atoms with Crippen LogP contribution < -0.4 is 0 Å². The topological polar surface area (TPSA) is 292 Å². The minimum Gasteiger partial charge on any atom is -0.458 e. The molecule has 0 spiro atoms. The van der Waals surface area contributed by atoms with E-state index in [0.29, 0.717) is 0 Å². The number of carbonyl (C=O) groups is 3. The van der Waals surface area contributed by atoms with E-state index >= 15 is 8.78 Å². The van der Waals surface area contributed by atoms with Crippen LogP contribution in [0.4, 0.5) is 8.78 Å². The fourth-order valence-electron chi connectivity index (χ4n) is 4.28. The van der Waals surface area contributed by atoms with Gasteiger partial charge in [0.1, 0.15) is 18.3 Å². The Hall–Kier alpha value is -4.57. The summed E-state index contributed by atoms with van der Waals surface area (Å²) in [4.78, 5) is 45.5. The first kappa shape index (κ1) is 31.6. The van der Waals surface area contributed by atoms with Gasteiger partial charge in [-0.05, 0) is 28.5 Å². The van der Waals surface area contributed by atoms with Gasteiger partial charge in [-0.1, -0.05) is 20.5 Å². The summed E-state index contributed by atoms with van der Waals surface area (Å²) in [7, 11) is 0. The lowest BCUT2D eigenvalue weighted by atomic mass is 9.83. The molecule has 22 heteroatoms. The summed E-state index contributed by atoms with van der Waals surface area (Å²) in [5.74, 6) is -7.22. The average Bonchev–Trinajstić information content (AvgIpc) is 2.85. The van der Waals surface area contributed by atoms with Gasteiger partial charge in [0.15, 0.2) is 24.5 Å². The molecule has 0 aromatic carbocycles. The maximum atomic E-state index is 15.6. The van der Waals surface area contributed by atoms with Crippen molar-refractivity contribution < 1.29 is 46.8 Å². The third kappa shape index (κ3) is 7.51. The molecule has 9 atom stereocenters. The Kier molecular flexibility index (Phi) is 11.1. The molecule has 0 N–H and O–H groups in total. The molecule has 9 unspecified atom stereocenters. The lowest BCUT2D eigenvalue weighted by molar-refractivity contribution is -0.323. The Labute approximate surface area is 222 Å². The van der Waals surface area contributed by atoms with Crippen LogP contribution in [0.3, 0.4) is 0 Å².